The summed E-state index contributed by atoms with van der Waals surface area (Å²) in [7, 11) is 0. The number of carbonyl (C=O) groups is 2. The molecular formula is C25H35N5O2. The highest BCUT2D eigenvalue weighted by molar-refractivity contribution is 5.83. The van der Waals surface area contributed by atoms with Crippen molar-refractivity contribution < 1.29 is 9.59 Å². The fourth-order valence-corrected chi connectivity index (χ4v) is 4.78. The van der Waals surface area contributed by atoms with E-state index in [-0.39, 0.29) is 24.3 Å². The minimum Gasteiger partial charge on any atom is -0.353 e. The Morgan fingerprint density at radius 1 is 0.906 bits per heavy atom. The molecule has 3 heterocycles. The molecule has 2 aromatic rings. The second-order valence-corrected chi connectivity index (χ2v) is 9.06. The molecule has 2 amide bonds. The van der Waals surface area contributed by atoms with Crippen molar-refractivity contribution in [2.24, 2.45) is 0 Å². The number of amides is 2. The van der Waals surface area contributed by atoms with Gasteiger partial charge in [0.1, 0.15) is 11.6 Å². The number of benzene rings is 1. The van der Waals surface area contributed by atoms with Crippen LogP contribution in [0.25, 0.3) is 0 Å². The molecule has 2 aliphatic rings. The summed E-state index contributed by atoms with van der Waals surface area (Å²) >= 11 is 0. The van der Waals surface area contributed by atoms with Gasteiger partial charge in [-0.1, -0.05) is 43.2 Å². The maximum atomic E-state index is 12.5. The van der Waals surface area contributed by atoms with Crippen molar-refractivity contribution in [3.63, 3.8) is 0 Å². The van der Waals surface area contributed by atoms with E-state index in [0.29, 0.717) is 6.42 Å². The number of aryl methyl sites for hydroxylation is 3. The molecule has 0 bridgehead atoms. The van der Waals surface area contributed by atoms with Crippen molar-refractivity contribution in [3.8, 4) is 0 Å². The second kappa shape index (κ2) is 11.2. The zero-order valence-corrected chi connectivity index (χ0v) is 19.0. The van der Waals surface area contributed by atoms with Crippen molar-refractivity contribution in [1.29, 1.82) is 0 Å². The topological polar surface area (TPSA) is 80.1 Å². The second-order valence-electron chi connectivity index (χ2n) is 9.06. The van der Waals surface area contributed by atoms with E-state index >= 15 is 0 Å². The number of likely N-dealkylation sites (tertiary alicyclic amines) is 1. The van der Waals surface area contributed by atoms with Gasteiger partial charge < -0.3 is 14.8 Å². The summed E-state index contributed by atoms with van der Waals surface area (Å²) in [5.74, 6) is 2.15. The lowest BCUT2D eigenvalue weighted by molar-refractivity contribution is -0.133. The minimum atomic E-state index is -0.0138. The third kappa shape index (κ3) is 6.17. The van der Waals surface area contributed by atoms with Crippen LogP contribution in [0.4, 0.5) is 0 Å². The SMILES string of the molecule is O=C(CCC(=O)N1CCCCCC1)NC1CCc2nnc(CCc3ccccc3)n2CC1. The third-order valence-corrected chi connectivity index (χ3v) is 6.69. The molecule has 1 aromatic carbocycles. The monoisotopic (exact) mass is 437 g/mol. The third-order valence-electron chi connectivity index (χ3n) is 6.69. The van der Waals surface area contributed by atoms with Crippen molar-refractivity contribution in [3.05, 3.63) is 47.5 Å². The molecule has 0 aliphatic carbocycles. The van der Waals surface area contributed by atoms with Crippen molar-refractivity contribution in [2.45, 2.75) is 83.2 Å². The van der Waals surface area contributed by atoms with Gasteiger partial charge >= 0.3 is 0 Å². The summed E-state index contributed by atoms with van der Waals surface area (Å²) < 4.78 is 2.23. The maximum Gasteiger partial charge on any atom is 0.223 e. The predicted molar refractivity (Wildman–Crippen MR) is 123 cm³/mol. The quantitative estimate of drug-likeness (QED) is 0.722. The van der Waals surface area contributed by atoms with E-state index in [1.807, 2.05) is 11.0 Å². The normalized spacial score (nSPS) is 19.0. The molecule has 4 rings (SSSR count). The van der Waals surface area contributed by atoms with Crippen LogP contribution in [0.1, 0.15) is 68.6 Å². The lowest BCUT2D eigenvalue weighted by atomic mass is 10.1. The molecule has 0 saturated carbocycles. The summed E-state index contributed by atoms with van der Waals surface area (Å²) in [4.78, 5) is 26.9. The smallest absolute Gasteiger partial charge is 0.223 e. The molecule has 1 unspecified atom stereocenters. The lowest BCUT2D eigenvalue weighted by Gasteiger charge is -2.21. The zero-order valence-electron chi connectivity index (χ0n) is 19.0. The standard InChI is InChI=1S/C25H35N5O2/c31-24(14-15-25(32)29-17-6-1-2-7-18-29)26-21-11-13-23-28-27-22(30(23)19-16-21)12-10-20-8-4-3-5-9-20/h3-5,8-9,21H,1-2,6-7,10-19H2,(H,26,31). The van der Waals surface area contributed by atoms with E-state index in [1.165, 1.54) is 18.4 Å². The van der Waals surface area contributed by atoms with Gasteiger partial charge in [-0.25, -0.2) is 0 Å². The number of aromatic nitrogens is 3. The first kappa shape index (κ1) is 22.5. The van der Waals surface area contributed by atoms with Gasteiger partial charge in [-0.3, -0.25) is 9.59 Å². The van der Waals surface area contributed by atoms with E-state index in [2.05, 4.69) is 44.3 Å². The van der Waals surface area contributed by atoms with Crippen molar-refractivity contribution in [2.75, 3.05) is 13.1 Å². The zero-order chi connectivity index (χ0) is 22.2. The molecule has 1 saturated heterocycles. The number of rotatable bonds is 7. The van der Waals surface area contributed by atoms with Crippen molar-refractivity contribution >= 4 is 11.8 Å². The Balaban J connectivity index is 1.22. The molecule has 7 heteroatoms. The van der Waals surface area contributed by atoms with E-state index in [0.717, 1.165) is 76.2 Å². The number of nitrogens with one attached hydrogen (secondary N) is 1. The minimum absolute atomic E-state index is 0.0138. The molecule has 1 aromatic heterocycles. The molecular weight excluding hydrogens is 402 g/mol. The Hall–Kier alpha value is -2.70. The van der Waals surface area contributed by atoms with Crippen LogP contribution in [0.15, 0.2) is 30.3 Å². The Morgan fingerprint density at radius 3 is 2.47 bits per heavy atom. The molecule has 1 atom stereocenters. The van der Waals surface area contributed by atoms with Gasteiger partial charge in [0.15, 0.2) is 0 Å². The Labute approximate surface area is 190 Å². The number of fused-ring (bicyclic) bond motifs is 1. The molecule has 172 valence electrons. The lowest BCUT2D eigenvalue weighted by Crippen LogP contribution is -2.37. The Morgan fingerprint density at radius 2 is 1.69 bits per heavy atom. The summed E-state index contributed by atoms with van der Waals surface area (Å²) in [5.41, 5.74) is 1.30. The molecule has 32 heavy (non-hydrogen) atoms. The van der Waals surface area contributed by atoms with Crippen LogP contribution in [0, 0.1) is 0 Å². The predicted octanol–water partition coefficient (Wildman–Crippen LogP) is 3.07. The molecule has 0 spiro atoms. The van der Waals surface area contributed by atoms with Crippen LogP contribution in [0.3, 0.4) is 0 Å². The maximum absolute atomic E-state index is 12.5. The highest BCUT2D eigenvalue weighted by atomic mass is 16.2. The van der Waals surface area contributed by atoms with Gasteiger partial charge in [-0.2, -0.15) is 0 Å². The van der Waals surface area contributed by atoms with Crippen LogP contribution >= 0.6 is 0 Å². The number of hydrogen-bond donors (Lipinski definition) is 1. The summed E-state index contributed by atoms with van der Waals surface area (Å²) in [6.07, 6.45) is 9.52. The molecule has 7 nitrogen and oxygen atoms in total. The van der Waals surface area contributed by atoms with Gasteiger partial charge in [0.05, 0.1) is 0 Å². The fourth-order valence-electron chi connectivity index (χ4n) is 4.78. The average Bonchev–Trinajstić information content (AvgIpc) is 2.98. The summed E-state index contributed by atoms with van der Waals surface area (Å²) in [6.45, 7) is 2.51. The van der Waals surface area contributed by atoms with E-state index in [1.54, 1.807) is 0 Å². The Bertz CT molecular complexity index is 887. The van der Waals surface area contributed by atoms with Gasteiger partial charge in [0.2, 0.25) is 11.8 Å². The summed E-state index contributed by atoms with van der Waals surface area (Å²) in [6, 6.07) is 10.6. The van der Waals surface area contributed by atoms with Gasteiger partial charge in [-0.05, 0) is 37.7 Å². The number of carbonyl (C=O) groups excluding carboxylic acids is 2. The molecule has 1 fully saturated rings. The first-order valence-corrected chi connectivity index (χ1v) is 12.2. The highest BCUT2D eigenvalue weighted by Crippen LogP contribution is 2.17. The average molecular weight is 438 g/mol. The van der Waals surface area contributed by atoms with Gasteiger partial charge in [-0.15, -0.1) is 10.2 Å². The number of hydrogen-bond acceptors (Lipinski definition) is 4. The molecule has 1 N–H and O–H groups in total. The van der Waals surface area contributed by atoms with Crippen LogP contribution in [0.5, 0.6) is 0 Å². The first-order chi connectivity index (χ1) is 15.7. The summed E-state index contributed by atoms with van der Waals surface area (Å²) in [5, 5.41) is 12.0. The van der Waals surface area contributed by atoms with Gasteiger partial charge in [0, 0.05) is 51.4 Å². The van der Waals surface area contributed by atoms with Gasteiger partial charge in [0.25, 0.3) is 0 Å². The van der Waals surface area contributed by atoms with E-state index in [4.69, 9.17) is 0 Å². The van der Waals surface area contributed by atoms with Crippen LogP contribution in [-0.4, -0.2) is 50.6 Å². The fraction of sp³-hybridized carbons (Fsp3) is 0.600. The highest BCUT2D eigenvalue weighted by Gasteiger charge is 2.22. The van der Waals surface area contributed by atoms with Crippen LogP contribution in [0.2, 0.25) is 0 Å². The van der Waals surface area contributed by atoms with Crippen LogP contribution in [-0.2, 0) is 35.4 Å². The number of nitrogens with zero attached hydrogens (tertiary/aromatic N) is 4. The molecule has 0 radical (unpaired) electrons. The van der Waals surface area contributed by atoms with Crippen LogP contribution < -0.4 is 5.32 Å². The van der Waals surface area contributed by atoms with E-state index in [9.17, 15) is 9.59 Å². The van der Waals surface area contributed by atoms with E-state index < -0.39 is 0 Å². The molecule has 2 aliphatic heterocycles. The first-order valence-electron chi connectivity index (χ1n) is 12.2. The van der Waals surface area contributed by atoms with Crippen molar-refractivity contribution in [1.82, 2.24) is 25.0 Å². The Kier molecular flexibility index (Phi) is 7.91. The largest absolute Gasteiger partial charge is 0.353 e.